The van der Waals surface area contributed by atoms with Gasteiger partial charge in [-0.2, -0.15) is 0 Å². The van der Waals surface area contributed by atoms with E-state index in [2.05, 4.69) is 17.4 Å². The molecule has 6 heteroatoms. The molecule has 0 saturated carbocycles. The van der Waals surface area contributed by atoms with E-state index in [-0.39, 0.29) is 10.9 Å². The molecular formula is C19H14N2O3S. The lowest BCUT2D eigenvalue weighted by atomic mass is 10.0. The van der Waals surface area contributed by atoms with Gasteiger partial charge >= 0.3 is 5.00 Å². The number of hydrogen-bond donors (Lipinski definition) is 1. The summed E-state index contributed by atoms with van der Waals surface area (Å²) in [7, 11) is 0. The maximum absolute atomic E-state index is 12.2. The van der Waals surface area contributed by atoms with Gasteiger partial charge < -0.3 is 5.32 Å². The second-order valence-corrected chi connectivity index (χ2v) is 6.96. The third-order valence-electron chi connectivity index (χ3n) is 4.33. The van der Waals surface area contributed by atoms with Crippen LogP contribution in [-0.4, -0.2) is 10.8 Å². The second kappa shape index (κ2) is 6.14. The monoisotopic (exact) mass is 350 g/mol. The van der Waals surface area contributed by atoms with Gasteiger partial charge in [-0.3, -0.25) is 14.9 Å². The Morgan fingerprint density at radius 1 is 1.12 bits per heavy atom. The number of benzene rings is 2. The molecule has 1 N–H and O–H groups in total. The third kappa shape index (κ3) is 2.92. The highest BCUT2D eigenvalue weighted by molar-refractivity contribution is 7.16. The first-order chi connectivity index (χ1) is 12.1. The Balaban J connectivity index is 1.56. The van der Waals surface area contributed by atoms with Gasteiger partial charge in [0.05, 0.1) is 4.92 Å². The van der Waals surface area contributed by atoms with Crippen molar-refractivity contribution >= 4 is 44.8 Å². The Kier molecular flexibility index (Phi) is 3.82. The van der Waals surface area contributed by atoms with E-state index in [0.29, 0.717) is 4.88 Å². The van der Waals surface area contributed by atoms with Crippen LogP contribution in [0.25, 0.3) is 16.8 Å². The van der Waals surface area contributed by atoms with Crippen molar-refractivity contribution in [2.75, 3.05) is 5.32 Å². The number of nitro groups is 1. The van der Waals surface area contributed by atoms with Crippen LogP contribution in [0.2, 0.25) is 0 Å². The largest absolute Gasteiger partial charge is 0.324 e. The molecule has 1 aliphatic carbocycles. The number of nitrogens with zero attached hydrogens (tertiary/aromatic N) is 1. The molecule has 5 nitrogen and oxygen atoms in total. The number of thiophene rings is 1. The van der Waals surface area contributed by atoms with Crippen LogP contribution in [0.15, 0.2) is 48.5 Å². The van der Waals surface area contributed by atoms with E-state index in [1.54, 1.807) is 12.1 Å². The van der Waals surface area contributed by atoms with Crippen LogP contribution >= 0.6 is 11.3 Å². The van der Waals surface area contributed by atoms with Crippen molar-refractivity contribution in [2.45, 2.75) is 12.8 Å². The summed E-state index contributed by atoms with van der Waals surface area (Å²) in [6.07, 6.45) is 5.08. The maximum Gasteiger partial charge on any atom is 0.324 e. The molecule has 1 aliphatic rings. The molecule has 1 heterocycles. The lowest BCUT2D eigenvalue weighted by molar-refractivity contribution is -0.380. The average molecular weight is 350 g/mol. The Morgan fingerprint density at radius 3 is 2.68 bits per heavy atom. The first-order valence-electron chi connectivity index (χ1n) is 7.88. The van der Waals surface area contributed by atoms with E-state index in [1.807, 2.05) is 18.2 Å². The molecular weight excluding hydrogens is 336 g/mol. The SMILES string of the molecule is O=C(/C=C/c1ccc([N+](=O)[O-])s1)Nc1ccc2c3c(cccc13)CC2. The molecule has 25 heavy (non-hydrogen) atoms. The molecule has 0 atom stereocenters. The van der Waals surface area contributed by atoms with Gasteiger partial charge in [0.15, 0.2) is 0 Å². The van der Waals surface area contributed by atoms with Crippen molar-refractivity contribution in [2.24, 2.45) is 0 Å². The summed E-state index contributed by atoms with van der Waals surface area (Å²) in [6, 6.07) is 13.2. The predicted molar refractivity (Wildman–Crippen MR) is 100.0 cm³/mol. The number of hydrogen-bond acceptors (Lipinski definition) is 4. The van der Waals surface area contributed by atoms with Gasteiger partial charge in [-0.05, 0) is 47.6 Å². The van der Waals surface area contributed by atoms with Gasteiger partial charge in [0, 0.05) is 28.1 Å². The maximum atomic E-state index is 12.2. The molecule has 0 saturated heterocycles. The zero-order valence-corrected chi connectivity index (χ0v) is 14.0. The standard InChI is InChI=1S/C19H14N2O3S/c22-17(10-7-14-8-11-18(25-14)21(23)24)20-16-9-6-13-5-4-12-2-1-3-15(16)19(12)13/h1-3,6-11H,4-5H2,(H,20,22)/b10-7+. The van der Waals surface area contributed by atoms with Crippen molar-refractivity contribution in [3.05, 3.63) is 74.7 Å². The second-order valence-electron chi connectivity index (χ2n) is 5.87. The highest BCUT2D eigenvalue weighted by Gasteiger charge is 2.16. The molecule has 0 aliphatic heterocycles. The Hall–Kier alpha value is -2.99. The van der Waals surface area contributed by atoms with Crippen LogP contribution in [0.1, 0.15) is 16.0 Å². The van der Waals surface area contributed by atoms with E-state index >= 15 is 0 Å². The molecule has 0 bridgehead atoms. The van der Waals surface area contributed by atoms with Gasteiger partial charge in [0.2, 0.25) is 5.91 Å². The number of carbonyl (C=O) groups is 1. The van der Waals surface area contributed by atoms with Crippen molar-refractivity contribution in [1.82, 2.24) is 0 Å². The predicted octanol–water partition coefficient (Wildman–Crippen LogP) is 4.56. The van der Waals surface area contributed by atoms with Crippen molar-refractivity contribution in [3.8, 4) is 0 Å². The fraction of sp³-hybridized carbons (Fsp3) is 0.105. The molecule has 0 spiro atoms. The van der Waals surface area contributed by atoms with Gasteiger partial charge in [-0.1, -0.05) is 35.6 Å². The summed E-state index contributed by atoms with van der Waals surface area (Å²) < 4.78 is 0. The minimum Gasteiger partial charge on any atom is -0.322 e. The quantitative estimate of drug-likeness (QED) is 0.426. The van der Waals surface area contributed by atoms with E-state index in [4.69, 9.17) is 0 Å². The minimum absolute atomic E-state index is 0.0626. The molecule has 0 radical (unpaired) electrons. The first kappa shape index (κ1) is 15.5. The van der Waals surface area contributed by atoms with Crippen LogP contribution in [0.3, 0.4) is 0 Å². The van der Waals surface area contributed by atoms with Gasteiger partial charge in [0.25, 0.3) is 0 Å². The van der Waals surface area contributed by atoms with E-state index in [0.717, 1.165) is 35.3 Å². The lowest BCUT2D eigenvalue weighted by Gasteiger charge is -2.09. The lowest BCUT2D eigenvalue weighted by Crippen LogP contribution is -2.08. The normalized spacial score (nSPS) is 12.8. The summed E-state index contributed by atoms with van der Waals surface area (Å²) in [6.45, 7) is 0. The zero-order valence-electron chi connectivity index (χ0n) is 13.2. The van der Waals surface area contributed by atoms with Crippen molar-refractivity contribution in [1.29, 1.82) is 0 Å². The minimum atomic E-state index is -0.436. The topological polar surface area (TPSA) is 72.2 Å². The van der Waals surface area contributed by atoms with Crippen LogP contribution < -0.4 is 5.32 Å². The summed E-state index contributed by atoms with van der Waals surface area (Å²) in [5.41, 5.74) is 3.43. The Morgan fingerprint density at radius 2 is 1.92 bits per heavy atom. The number of rotatable bonds is 4. The van der Waals surface area contributed by atoms with Crippen LogP contribution in [0, 0.1) is 10.1 Å². The molecule has 4 rings (SSSR count). The van der Waals surface area contributed by atoms with E-state index in [1.165, 1.54) is 28.7 Å². The van der Waals surface area contributed by atoms with Crippen LogP contribution in [0.4, 0.5) is 10.7 Å². The van der Waals surface area contributed by atoms with Gasteiger partial charge in [-0.25, -0.2) is 0 Å². The van der Waals surface area contributed by atoms with Crippen LogP contribution in [-0.2, 0) is 17.6 Å². The molecule has 2 aromatic carbocycles. The highest BCUT2D eigenvalue weighted by atomic mass is 32.1. The summed E-state index contributed by atoms with van der Waals surface area (Å²) in [5, 5.41) is 16.0. The molecule has 1 aromatic heterocycles. The Labute approximate surface area is 147 Å². The summed E-state index contributed by atoms with van der Waals surface area (Å²) in [5.74, 6) is -0.255. The number of carbonyl (C=O) groups excluding carboxylic acids is 1. The smallest absolute Gasteiger partial charge is 0.322 e. The molecule has 1 amide bonds. The highest BCUT2D eigenvalue weighted by Crippen LogP contribution is 2.35. The van der Waals surface area contributed by atoms with E-state index in [9.17, 15) is 14.9 Å². The molecule has 3 aromatic rings. The van der Waals surface area contributed by atoms with Crippen molar-refractivity contribution in [3.63, 3.8) is 0 Å². The van der Waals surface area contributed by atoms with Gasteiger partial charge in [-0.15, -0.1) is 0 Å². The first-order valence-corrected chi connectivity index (χ1v) is 8.70. The fourth-order valence-corrected chi connectivity index (χ4v) is 3.94. The fourth-order valence-electron chi connectivity index (χ4n) is 3.22. The molecule has 124 valence electrons. The number of aryl methyl sites for hydroxylation is 2. The summed E-state index contributed by atoms with van der Waals surface area (Å²) in [4.78, 5) is 23.2. The van der Waals surface area contributed by atoms with Crippen LogP contribution in [0.5, 0.6) is 0 Å². The molecule has 0 unspecified atom stereocenters. The van der Waals surface area contributed by atoms with Gasteiger partial charge in [0.1, 0.15) is 0 Å². The Bertz CT molecular complexity index is 1030. The molecule has 0 fully saturated rings. The number of anilines is 1. The number of amides is 1. The third-order valence-corrected chi connectivity index (χ3v) is 5.33. The zero-order chi connectivity index (χ0) is 17.4. The summed E-state index contributed by atoms with van der Waals surface area (Å²) >= 11 is 1.04. The average Bonchev–Trinajstić information content (AvgIpc) is 3.24. The van der Waals surface area contributed by atoms with Crippen molar-refractivity contribution < 1.29 is 9.72 Å². The number of nitrogens with one attached hydrogen (secondary N) is 1. The van der Waals surface area contributed by atoms with E-state index < -0.39 is 4.92 Å².